The van der Waals surface area contributed by atoms with Gasteiger partial charge in [-0.05, 0) is 43.0 Å². The average molecular weight is 455 g/mol. The standard InChI is InChI=1S/C21H25BrClNO3/c1-15(2)12-21(3,14-27-19-10-9-17(22)11-18(19)23)24(20(25)26)13-16-7-5-4-6-8-16/h4-11,15H,12-14H2,1-3H3,(H,25,26). The highest BCUT2D eigenvalue weighted by Gasteiger charge is 2.37. The largest absolute Gasteiger partial charge is 0.490 e. The Balaban J connectivity index is 2.26. The molecular weight excluding hydrogens is 430 g/mol. The van der Waals surface area contributed by atoms with Crippen LogP contribution in [-0.2, 0) is 6.54 Å². The van der Waals surface area contributed by atoms with E-state index < -0.39 is 11.6 Å². The summed E-state index contributed by atoms with van der Waals surface area (Å²) >= 11 is 9.62. The Morgan fingerprint density at radius 1 is 1.26 bits per heavy atom. The number of rotatable bonds is 8. The lowest BCUT2D eigenvalue weighted by molar-refractivity contribution is 0.0337. The fraction of sp³-hybridized carbons (Fsp3) is 0.381. The SMILES string of the molecule is CC(C)CC(C)(COc1ccc(Br)cc1Cl)N(Cc1ccccc1)C(=O)O. The Morgan fingerprint density at radius 3 is 2.48 bits per heavy atom. The van der Waals surface area contributed by atoms with Gasteiger partial charge in [0.2, 0.25) is 0 Å². The van der Waals surface area contributed by atoms with Gasteiger partial charge in [-0.15, -0.1) is 0 Å². The van der Waals surface area contributed by atoms with Crippen molar-refractivity contribution < 1.29 is 14.6 Å². The number of ether oxygens (including phenoxy) is 1. The summed E-state index contributed by atoms with van der Waals surface area (Å²) in [4.78, 5) is 13.6. The normalized spacial score (nSPS) is 13.3. The molecule has 0 aliphatic carbocycles. The van der Waals surface area contributed by atoms with E-state index >= 15 is 0 Å². The molecule has 0 aliphatic heterocycles. The molecule has 2 aromatic rings. The molecule has 1 unspecified atom stereocenters. The van der Waals surface area contributed by atoms with Crippen molar-refractivity contribution in [2.45, 2.75) is 39.3 Å². The minimum Gasteiger partial charge on any atom is -0.490 e. The van der Waals surface area contributed by atoms with Crippen LogP contribution in [0.15, 0.2) is 53.0 Å². The molecule has 0 spiro atoms. The molecule has 1 amide bonds. The van der Waals surface area contributed by atoms with Crippen molar-refractivity contribution in [3.05, 3.63) is 63.6 Å². The minimum atomic E-state index is -0.965. The van der Waals surface area contributed by atoms with Crippen LogP contribution in [0.25, 0.3) is 0 Å². The molecule has 27 heavy (non-hydrogen) atoms. The molecule has 146 valence electrons. The summed E-state index contributed by atoms with van der Waals surface area (Å²) in [5, 5.41) is 10.4. The van der Waals surface area contributed by atoms with E-state index in [0.29, 0.717) is 29.7 Å². The summed E-state index contributed by atoms with van der Waals surface area (Å²) in [6.07, 6.45) is -0.298. The number of carboxylic acid groups (broad SMARTS) is 1. The molecule has 1 N–H and O–H groups in total. The highest BCUT2D eigenvalue weighted by atomic mass is 79.9. The zero-order valence-electron chi connectivity index (χ0n) is 15.8. The van der Waals surface area contributed by atoms with Gasteiger partial charge in [-0.2, -0.15) is 0 Å². The Kier molecular flexibility index (Phi) is 7.57. The first-order valence-corrected chi connectivity index (χ1v) is 10.0. The van der Waals surface area contributed by atoms with Gasteiger partial charge in [-0.1, -0.05) is 71.7 Å². The van der Waals surface area contributed by atoms with E-state index in [-0.39, 0.29) is 6.61 Å². The molecule has 0 radical (unpaired) electrons. The summed E-state index contributed by atoms with van der Waals surface area (Å²) in [5.41, 5.74) is 0.239. The van der Waals surface area contributed by atoms with Gasteiger partial charge in [0, 0.05) is 11.0 Å². The van der Waals surface area contributed by atoms with Gasteiger partial charge < -0.3 is 9.84 Å². The fourth-order valence-electron chi connectivity index (χ4n) is 3.21. The second-order valence-electron chi connectivity index (χ2n) is 7.31. The lowest BCUT2D eigenvalue weighted by atomic mass is 9.89. The molecule has 0 saturated heterocycles. The van der Waals surface area contributed by atoms with E-state index in [4.69, 9.17) is 16.3 Å². The van der Waals surface area contributed by atoms with Crippen molar-refractivity contribution in [3.8, 4) is 5.75 Å². The zero-order chi connectivity index (χ0) is 20.0. The van der Waals surface area contributed by atoms with Crippen LogP contribution in [0.2, 0.25) is 5.02 Å². The zero-order valence-corrected chi connectivity index (χ0v) is 18.1. The first-order chi connectivity index (χ1) is 12.7. The lowest BCUT2D eigenvalue weighted by Crippen LogP contribution is -2.53. The van der Waals surface area contributed by atoms with Gasteiger partial charge in [0.1, 0.15) is 12.4 Å². The third kappa shape index (κ3) is 6.15. The van der Waals surface area contributed by atoms with E-state index in [1.807, 2.05) is 43.3 Å². The van der Waals surface area contributed by atoms with Gasteiger partial charge in [0.25, 0.3) is 0 Å². The predicted molar refractivity (Wildman–Crippen MR) is 113 cm³/mol. The Bertz CT molecular complexity index is 769. The quantitative estimate of drug-likeness (QED) is 0.497. The number of halogens is 2. The van der Waals surface area contributed by atoms with Crippen LogP contribution in [0.3, 0.4) is 0 Å². The Morgan fingerprint density at radius 2 is 1.93 bits per heavy atom. The van der Waals surface area contributed by atoms with Crippen LogP contribution in [0.1, 0.15) is 32.8 Å². The summed E-state index contributed by atoms with van der Waals surface area (Å²) in [5.74, 6) is 0.844. The van der Waals surface area contributed by atoms with Crippen molar-refractivity contribution in [2.24, 2.45) is 5.92 Å². The maximum Gasteiger partial charge on any atom is 0.408 e. The van der Waals surface area contributed by atoms with Gasteiger partial charge in [0.05, 0.1) is 10.6 Å². The van der Waals surface area contributed by atoms with Crippen LogP contribution < -0.4 is 4.74 Å². The summed E-state index contributed by atoms with van der Waals surface area (Å²) < 4.78 is 6.83. The highest BCUT2D eigenvalue weighted by molar-refractivity contribution is 9.10. The highest BCUT2D eigenvalue weighted by Crippen LogP contribution is 2.31. The maximum absolute atomic E-state index is 12.1. The topological polar surface area (TPSA) is 49.8 Å². The van der Waals surface area contributed by atoms with Crippen LogP contribution in [0.4, 0.5) is 4.79 Å². The van der Waals surface area contributed by atoms with Crippen LogP contribution >= 0.6 is 27.5 Å². The monoisotopic (exact) mass is 453 g/mol. The number of benzene rings is 2. The Hall–Kier alpha value is -1.72. The molecule has 0 aromatic heterocycles. The first kappa shape index (κ1) is 21.6. The van der Waals surface area contributed by atoms with Gasteiger partial charge in [-0.25, -0.2) is 4.79 Å². The second-order valence-corrected chi connectivity index (χ2v) is 8.64. The molecule has 0 saturated carbocycles. The van der Waals surface area contributed by atoms with E-state index in [2.05, 4.69) is 29.8 Å². The third-order valence-corrected chi connectivity index (χ3v) is 5.14. The van der Waals surface area contributed by atoms with Crippen molar-refractivity contribution >= 4 is 33.6 Å². The van der Waals surface area contributed by atoms with Gasteiger partial charge in [-0.3, -0.25) is 4.90 Å². The number of amides is 1. The van der Waals surface area contributed by atoms with Crippen molar-refractivity contribution in [1.29, 1.82) is 0 Å². The summed E-state index contributed by atoms with van der Waals surface area (Å²) in [7, 11) is 0. The molecule has 0 heterocycles. The van der Waals surface area contributed by atoms with E-state index in [0.717, 1.165) is 10.0 Å². The second kappa shape index (κ2) is 9.47. The van der Waals surface area contributed by atoms with Crippen LogP contribution in [0, 0.1) is 5.92 Å². The molecule has 1 atom stereocenters. The lowest BCUT2D eigenvalue weighted by Gasteiger charge is -2.40. The van der Waals surface area contributed by atoms with E-state index in [1.54, 1.807) is 12.1 Å². The average Bonchev–Trinajstić information content (AvgIpc) is 2.59. The molecule has 2 aromatic carbocycles. The van der Waals surface area contributed by atoms with Crippen molar-refractivity contribution in [3.63, 3.8) is 0 Å². The molecule has 6 heteroatoms. The molecular formula is C21H25BrClNO3. The first-order valence-electron chi connectivity index (χ1n) is 8.83. The number of hydrogen-bond donors (Lipinski definition) is 1. The van der Waals surface area contributed by atoms with E-state index in [9.17, 15) is 9.90 Å². The molecule has 0 bridgehead atoms. The van der Waals surface area contributed by atoms with Gasteiger partial charge in [0.15, 0.2) is 0 Å². The molecule has 0 aliphatic rings. The maximum atomic E-state index is 12.1. The predicted octanol–water partition coefficient (Wildman–Crippen LogP) is 6.47. The number of nitrogens with zero attached hydrogens (tertiary/aromatic N) is 1. The molecule has 2 rings (SSSR count). The van der Waals surface area contributed by atoms with Gasteiger partial charge >= 0.3 is 6.09 Å². The summed E-state index contributed by atoms with van der Waals surface area (Å²) in [6, 6.07) is 15.0. The number of carbonyl (C=O) groups is 1. The Labute approximate surface area is 174 Å². The third-order valence-electron chi connectivity index (χ3n) is 4.35. The van der Waals surface area contributed by atoms with Crippen molar-refractivity contribution in [2.75, 3.05) is 6.61 Å². The van der Waals surface area contributed by atoms with Crippen LogP contribution in [-0.4, -0.2) is 28.2 Å². The molecule has 4 nitrogen and oxygen atoms in total. The van der Waals surface area contributed by atoms with E-state index in [1.165, 1.54) is 4.90 Å². The minimum absolute atomic E-state index is 0.214. The van der Waals surface area contributed by atoms with Crippen LogP contribution in [0.5, 0.6) is 5.75 Å². The fourth-order valence-corrected chi connectivity index (χ4v) is 3.94. The van der Waals surface area contributed by atoms with Crippen molar-refractivity contribution in [1.82, 2.24) is 4.90 Å². The summed E-state index contributed by atoms with van der Waals surface area (Å²) in [6.45, 7) is 6.60. The number of hydrogen-bond acceptors (Lipinski definition) is 2. The molecule has 0 fully saturated rings. The smallest absolute Gasteiger partial charge is 0.408 e.